The van der Waals surface area contributed by atoms with Crippen molar-refractivity contribution in [2.24, 2.45) is 0 Å². The molecular weight excluding hydrogens is 413 g/mol. The number of rotatable bonds is 5. The van der Waals surface area contributed by atoms with Crippen molar-refractivity contribution < 1.29 is 9.50 Å². The first-order chi connectivity index (χ1) is 15.0. The van der Waals surface area contributed by atoms with Crippen LogP contribution in [0.4, 0.5) is 4.39 Å². The number of nitrogens with zero attached hydrogens (tertiary/aromatic N) is 2. The lowest BCUT2D eigenvalue weighted by atomic mass is 9.84. The molecule has 5 nitrogen and oxygen atoms in total. The van der Waals surface area contributed by atoms with Gasteiger partial charge < -0.3 is 10.4 Å². The molecule has 0 saturated heterocycles. The number of halogens is 1. The van der Waals surface area contributed by atoms with Crippen LogP contribution in [0.5, 0.6) is 0 Å². The van der Waals surface area contributed by atoms with Gasteiger partial charge in [-0.2, -0.15) is 0 Å². The number of thiophene rings is 1. The van der Waals surface area contributed by atoms with E-state index >= 15 is 0 Å². The normalized spacial score (nSPS) is 20.6. The molecule has 2 aliphatic carbocycles. The zero-order valence-corrected chi connectivity index (χ0v) is 18.4. The maximum Gasteiger partial charge on any atom is 0.262 e. The molecule has 1 aromatic carbocycles. The number of aryl methyl sites for hydroxylation is 1. The summed E-state index contributed by atoms with van der Waals surface area (Å²) < 4.78 is 15.6. The summed E-state index contributed by atoms with van der Waals surface area (Å²) in [6.45, 7) is 0.827. The van der Waals surface area contributed by atoms with E-state index in [1.165, 1.54) is 28.3 Å². The molecule has 0 spiro atoms. The van der Waals surface area contributed by atoms with Crippen molar-refractivity contribution in [1.82, 2.24) is 14.9 Å². The van der Waals surface area contributed by atoms with Crippen LogP contribution in [0.15, 0.2) is 35.4 Å². The number of aliphatic hydroxyl groups is 1. The standard InChI is InChI=1S/C24H28FN3O2S/c25-19-7-3-2-6-16(19)13-28-15-27-22-21(23(28)29)18-9-8-17(12-20(18)31-22)26-14-24(30)10-4-1-5-11-24/h2-3,6-7,15,17,26,30H,1,4-5,8-14H2. The molecule has 0 bridgehead atoms. The topological polar surface area (TPSA) is 67.2 Å². The number of benzene rings is 1. The highest BCUT2D eigenvalue weighted by molar-refractivity contribution is 7.18. The Bertz CT molecular complexity index is 1150. The third kappa shape index (κ3) is 4.19. The van der Waals surface area contributed by atoms with E-state index in [0.717, 1.165) is 55.3 Å². The van der Waals surface area contributed by atoms with E-state index in [-0.39, 0.29) is 17.9 Å². The van der Waals surface area contributed by atoms with Crippen molar-refractivity contribution in [3.05, 3.63) is 62.8 Å². The van der Waals surface area contributed by atoms with Crippen LogP contribution in [0.25, 0.3) is 10.2 Å². The van der Waals surface area contributed by atoms with Gasteiger partial charge in [0.05, 0.1) is 23.9 Å². The van der Waals surface area contributed by atoms with E-state index in [4.69, 9.17) is 0 Å². The summed E-state index contributed by atoms with van der Waals surface area (Å²) in [6.07, 6.45) is 9.36. The summed E-state index contributed by atoms with van der Waals surface area (Å²) in [4.78, 5) is 19.7. The third-order valence-corrected chi connectivity index (χ3v) is 8.00. The summed E-state index contributed by atoms with van der Waals surface area (Å²) in [5, 5.41) is 15.1. The molecule has 2 aliphatic rings. The number of fused-ring (bicyclic) bond motifs is 3. The fourth-order valence-corrected chi connectivity index (χ4v) is 6.28. The van der Waals surface area contributed by atoms with Crippen LogP contribution >= 0.6 is 11.3 Å². The third-order valence-electron chi connectivity index (χ3n) is 6.84. The fraction of sp³-hybridized carbons (Fsp3) is 0.500. The lowest BCUT2D eigenvalue weighted by Gasteiger charge is -2.34. The molecule has 3 aromatic rings. The van der Waals surface area contributed by atoms with Gasteiger partial charge in [-0.15, -0.1) is 11.3 Å². The van der Waals surface area contributed by atoms with E-state index in [1.54, 1.807) is 29.5 Å². The van der Waals surface area contributed by atoms with Gasteiger partial charge >= 0.3 is 0 Å². The Kier molecular flexibility index (Phi) is 5.67. The number of aromatic nitrogens is 2. The minimum absolute atomic E-state index is 0.0892. The summed E-state index contributed by atoms with van der Waals surface area (Å²) in [5.41, 5.74) is 0.934. The van der Waals surface area contributed by atoms with Crippen molar-refractivity contribution in [1.29, 1.82) is 0 Å². The van der Waals surface area contributed by atoms with Crippen LogP contribution in [0.3, 0.4) is 0 Å². The Labute approximate surface area is 184 Å². The molecule has 1 saturated carbocycles. The van der Waals surface area contributed by atoms with Gasteiger partial charge in [-0.25, -0.2) is 9.37 Å². The average molecular weight is 442 g/mol. The Hall–Kier alpha value is -2.09. The van der Waals surface area contributed by atoms with Gasteiger partial charge in [0.2, 0.25) is 0 Å². The largest absolute Gasteiger partial charge is 0.389 e. The molecule has 2 aromatic heterocycles. The van der Waals surface area contributed by atoms with E-state index in [0.29, 0.717) is 23.5 Å². The highest BCUT2D eigenvalue weighted by Gasteiger charge is 2.31. The van der Waals surface area contributed by atoms with E-state index in [1.807, 2.05) is 0 Å². The van der Waals surface area contributed by atoms with Crippen molar-refractivity contribution in [3.8, 4) is 0 Å². The van der Waals surface area contributed by atoms with Crippen LogP contribution in [0.1, 0.15) is 54.5 Å². The average Bonchev–Trinajstić information content (AvgIpc) is 3.15. The Morgan fingerprint density at radius 3 is 2.87 bits per heavy atom. The predicted octanol–water partition coefficient (Wildman–Crippen LogP) is 3.79. The smallest absolute Gasteiger partial charge is 0.262 e. The minimum atomic E-state index is -0.569. The van der Waals surface area contributed by atoms with Crippen molar-refractivity contribution in [3.63, 3.8) is 0 Å². The van der Waals surface area contributed by atoms with Gasteiger partial charge in [0.15, 0.2) is 0 Å². The van der Waals surface area contributed by atoms with Gasteiger partial charge in [-0.3, -0.25) is 9.36 Å². The van der Waals surface area contributed by atoms with E-state index in [9.17, 15) is 14.3 Å². The van der Waals surface area contributed by atoms with Crippen LogP contribution in [0, 0.1) is 5.82 Å². The molecule has 0 aliphatic heterocycles. The summed E-state index contributed by atoms with van der Waals surface area (Å²) >= 11 is 1.60. The molecule has 1 atom stereocenters. The van der Waals surface area contributed by atoms with E-state index < -0.39 is 5.60 Å². The van der Waals surface area contributed by atoms with Crippen LogP contribution in [0.2, 0.25) is 0 Å². The Morgan fingerprint density at radius 1 is 1.26 bits per heavy atom. The van der Waals surface area contributed by atoms with Gasteiger partial charge in [0.25, 0.3) is 5.56 Å². The first kappa shape index (κ1) is 20.8. The highest BCUT2D eigenvalue weighted by Crippen LogP contribution is 2.34. The van der Waals surface area contributed by atoms with Gasteiger partial charge in [-0.1, -0.05) is 37.5 Å². The van der Waals surface area contributed by atoms with Crippen LogP contribution in [-0.4, -0.2) is 32.8 Å². The second-order valence-corrected chi connectivity index (χ2v) is 10.1. The monoisotopic (exact) mass is 441 g/mol. The fourth-order valence-electron chi connectivity index (χ4n) is 5.02. The quantitative estimate of drug-likeness (QED) is 0.632. The van der Waals surface area contributed by atoms with Gasteiger partial charge in [0, 0.05) is 23.0 Å². The zero-order valence-electron chi connectivity index (χ0n) is 17.6. The minimum Gasteiger partial charge on any atom is -0.389 e. The molecule has 7 heteroatoms. The molecule has 2 N–H and O–H groups in total. The van der Waals surface area contributed by atoms with Crippen molar-refractivity contribution >= 4 is 21.6 Å². The lowest BCUT2D eigenvalue weighted by Crippen LogP contribution is -2.47. The molecule has 1 unspecified atom stereocenters. The molecule has 0 radical (unpaired) electrons. The molecule has 164 valence electrons. The number of hydrogen-bond acceptors (Lipinski definition) is 5. The van der Waals surface area contributed by atoms with Gasteiger partial charge in [-0.05, 0) is 43.7 Å². The second-order valence-electron chi connectivity index (χ2n) is 9.06. The summed E-state index contributed by atoms with van der Waals surface area (Å²) in [7, 11) is 0. The summed E-state index contributed by atoms with van der Waals surface area (Å²) in [6, 6.07) is 6.85. The van der Waals surface area contributed by atoms with E-state index in [2.05, 4.69) is 10.3 Å². The second kappa shape index (κ2) is 8.45. The first-order valence-electron chi connectivity index (χ1n) is 11.2. The lowest BCUT2D eigenvalue weighted by molar-refractivity contribution is 0.00233. The van der Waals surface area contributed by atoms with Crippen molar-refractivity contribution in [2.45, 2.75) is 69.6 Å². The molecule has 0 amide bonds. The zero-order chi connectivity index (χ0) is 21.4. The molecule has 31 heavy (non-hydrogen) atoms. The molecule has 5 rings (SSSR count). The molecule has 1 fully saturated rings. The SMILES string of the molecule is O=c1c2c3c(sc2ncn1Cc1ccccc1F)CC(NCC1(O)CCCCC1)CC3. The van der Waals surface area contributed by atoms with Crippen LogP contribution in [-0.2, 0) is 19.4 Å². The number of nitrogens with one attached hydrogen (secondary N) is 1. The van der Waals surface area contributed by atoms with Crippen molar-refractivity contribution in [2.75, 3.05) is 6.54 Å². The Morgan fingerprint density at radius 2 is 2.06 bits per heavy atom. The summed E-state index contributed by atoms with van der Waals surface area (Å²) in [5.74, 6) is -0.310. The van der Waals surface area contributed by atoms with Gasteiger partial charge in [0.1, 0.15) is 10.6 Å². The van der Waals surface area contributed by atoms with Crippen LogP contribution < -0.4 is 10.9 Å². The maximum absolute atomic E-state index is 14.1. The Balaban J connectivity index is 1.35. The maximum atomic E-state index is 14.1. The molecular formula is C24H28FN3O2S. The molecule has 2 heterocycles. The predicted molar refractivity (Wildman–Crippen MR) is 121 cm³/mol. The first-order valence-corrected chi connectivity index (χ1v) is 12.0. The number of hydrogen-bond donors (Lipinski definition) is 2. The highest BCUT2D eigenvalue weighted by atomic mass is 32.1.